The van der Waals surface area contributed by atoms with Gasteiger partial charge in [0.2, 0.25) is 0 Å². The lowest BCUT2D eigenvalue weighted by molar-refractivity contribution is 0.618. The van der Waals surface area contributed by atoms with Gasteiger partial charge in [0.25, 0.3) is 0 Å². The summed E-state index contributed by atoms with van der Waals surface area (Å²) in [5.41, 5.74) is 4.47. The second-order valence-electron chi connectivity index (χ2n) is 4.83. The number of benzene rings is 1. The van der Waals surface area contributed by atoms with Crippen molar-refractivity contribution in [3.63, 3.8) is 0 Å². The number of halogens is 1. The van der Waals surface area contributed by atoms with Crippen molar-refractivity contribution in [1.29, 1.82) is 0 Å². The predicted octanol–water partition coefficient (Wildman–Crippen LogP) is 3.53. The number of aryl methyl sites for hydroxylation is 1. The highest BCUT2D eigenvalue weighted by Gasteiger charge is 2.08. The first kappa shape index (κ1) is 13.3. The molecule has 0 unspecified atom stereocenters. The Balaban J connectivity index is 1.77. The summed E-state index contributed by atoms with van der Waals surface area (Å²) in [6.07, 6.45) is 5.31. The van der Waals surface area contributed by atoms with Crippen LogP contribution in [0.1, 0.15) is 11.1 Å². The van der Waals surface area contributed by atoms with E-state index in [0.29, 0.717) is 12.1 Å². The van der Waals surface area contributed by atoms with Gasteiger partial charge in [-0.05, 0) is 42.8 Å². The molecule has 3 aromatic rings. The number of rotatable bonds is 4. The zero-order chi connectivity index (χ0) is 14.7. The third kappa shape index (κ3) is 2.91. The monoisotopic (exact) mass is 282 g/mol. The van der Waals surface area contributed by atoms with Gasteiger partial charge in [-0.2, -0.15) is 5.10 Å². The van der Waals surface area contributed by atoms with Gasteiger partial charge in [0.1, 0.15) is 5.82 Å². The molecule has 0 radical (unpaired) electrons. The molecule has 5 heteroatoms. The van der Waals surface area contributed by atoms with Gasteiger partial charge in [-0.25, -0.2) is 4.39 Å². The molecule has 106 valence electrons. The van der Waals surface area contributed by atoms with Crippen molar-refractivity contribution < 1.29 is 4.39 Å². The number of anilines is 1. The Morgan fingerprint density at radius 1 is 1.24 bits per heavy atom. The van der Waals surface area contributed by atoms with Crippen molar-refractivity contribution in [2.24, 2.45) is 0 Å². The first-order valence-corrected chi connectivity index (χ1v) is 6.67. The molecule has 0 saturated heterocycles. The Bertz CT molecular complexity index is 737. The predicted molar refractivity (Wildman–Crippen MR) is 80.3 cm³/mol. The van der Waals surface area contributed by atoms with Crippen molar-refractivity contribution in [1.82, 2.24) is 15.2 Å². The molecule has 2 heterocycles. The molecule has 0 saturated carbocycles. The van der Waals surface area contributed by atoms with Crippen molar-refractivity contribution in [3.8, 4) is 11.3 Å². The van der Waals surface area contributed by atoms with Gasteiger partial charge in [0.05, 0.1) is 11.9 Å². The van der Waals surface area contributed by atoms with E-state index < -0.39 is 0 Å². The summed E-state index contributed by atoms with van der Waals surface area (Å²) < 4.78 is 13.2. The van der Waals surface area contributed by atoms with Gasteiger partial charge >= 0.3 is 0 Å². The molecular weight excluding hydrogens is 267 g/mol. The topological polar surface area (TPSA) is 53.6 Å². The van der Waals surface area contributed by atoms with E-state index in [4.69, 9.17) is 0 Å². The number of aromatic nitrogens is 3. The van der Waals surface area contributed by atoms with Crippen LogP contribution in [-0.4, -0.2) is 15.2 Å². The normalized spacial score (nSPS) is 10.6. The summed E-state index contributed by atoms with van der Waals surface area (Å²) in [4.78, 5) is 4.11. The van der Waals surface area contributed by atoms with Crippen molar-refractivity contribution in [2.75, 3.05) is 5.32 Å². The van der Waals surface area contributed by atoms with E-state index in [9.17, 15) is 4.39 Å². The van der Waals surface area contributed by atoms with E-state index in [-0.39, 0.29) is 5.82 Å². The van der Waals surface area contributed by atoms with Crippen molar-refractivity contribution in [3.05, 3.63) is 65.9 Å². The number of nitrogens with zero attached hydrogens (tertiary/aromatic N) is 2. The summed E-state index contributed by atoms with van der Waals surface area (Å²) >= 11 is 0. The largest absolute Gasteiger partial charge is 0.381 e. The number of pyridine rings is 1. The minimum absolute atomic E-state index is 0.195. The molecule has 4 nitrogen and oxygen atoms in total. The van der Waals surface area contributed by atoms with E-state index in [0.717, 1.165) is 22.5 Å². The van der Waals surface area contributed by atoms with Crippen LogP contribution in [-0.2, 0) is 6.54 Å². The van der Waals surface area contributed by atoms with E-state index in [2.05, 4.69) is 20.5 Å². The average molecular weight is 282 g/mol. The van der Waals surface area contributed by atoms with Crippen LogP contribution in [0, 0.1) is 12.7 Å². The summed E-state index contributed by atoms with van der Waals surface area (Å²) in [5, 5.41) is 10.4. The van der Waals surface area contributed by atoms with Crippen LogP contribution in [0.2, 0.25) is 0 Å². The molecule has 0 aliphatic carbocycles. The smallest absolute Gasteiger partial charge is 0.126 e. The fourth-order valence-corrected chi connectivity index (χ4v) is 2.16. The van der Waals surface area contributed by atoms with Crippen LogP contribution in [0.3, 0.4) is 0 Å². The molecule has 1 aromatic carbocycles. The zero-order valence-electron chi connectivity index (χ0n) is 11.6. The molecule has 0 fully saturated rings. The zero-order valence-corrected chi connectivity index (χ0v) is 11.6. The van der Waals surface area contributed by atoms with Crippen molar-refractivity contribution in [2.45, 2.75) is 13.5 Å². The first-order chi connectivity index (χ1) is 10.2. The number of H-pyrrole nitrogens is 1. The second kappa shape index (κ2) is 5.75. The minimum atomic E-state index is -0.195. The van der Waals surface area contributed by atoms with Gasteiger partial charge in [-0.15, -0.1) is 0 Å². The molecule has 0 amide bonds. The van der Waals surface area contributed by atoms with Gasteiger partial charge in [-0.3, -0.25) is 10.1 Å². The molecule has 21 heavy (non-hydrogen) atoms. The van der Waals surface area contributed by atoms with Crippen molar-refractivity contribution >= 4 is 5.69 Å². The van der Waals surface area contributed by atoms with Gasteiger partial charge in [0.15, 0.2) is 0 Å². The van der Waals surface area contributed by atoms with Crippen LogP contribution in [0.5, 0.6) is 0 Å². The minimum Gasteiger partial charge on any atom is -0.381 e. The lowest BCUT2D eigenvalue weighted by Gasteiger charge is -2.08. The number of hydrogen-bond donors (Lipinski definition) is 2. The molecule has 0 aliphatic heterocycles. The first-order valence-electron chi connectivity index (χ1n) is 6.67. The maximum Gasteiger partial charge on any atom is 0.126 e. The molecule has 2 aromatic heterocycles. The fraction of sp³-hybridized carbons (Fsp3) is 0.125. The molecule has 2 N–H and O–H groups in total. The maximum atomic E-state index is 13.2. The van der Waals surface area contributed by atoms with Crippen LogP contribution in [0.4, 0.5) is 10.1 Å². The van der Waals surface area contributed by atoms with Crippen LogP contribution in [0.15, 0.2) is 48.9 Å². The molecule has 0 atom stereocenters. The summed E-state index contributed by atoms with van der Waals surface area (Å²) in [6.45, 7) is 2.35. The van der Waals surface area contributed by atoms with Crippen LogP contribution in [0.25, 0.3) is 11.3 Å². The van der Waals surface area contributed by atoms with E-state index in [1.54, 1.807) is 37.6 Å². The van der Waals surface area contributed by atoms with Crippen LogP contribution < -0.4 is 5.32 Å². The summed E-state index contributed by atoms with van der Waals surface area (Å²) in [6, 6.07) is 8.85. The standard InChI is InChI=1S/C16H15FN4/c1-11-7-14(4-5-15(11)17)19-9-13-10-20-21-16(13)12-3-2-6-18-8-12/h2-8,10,19H,9H2,1H3,(H,20,21). The van der Waals surface area contributed by atoms with Gasteiger partial charge < -0.3 is 5.32 Å². The average Bonchev–Trinajstić information content (AvgIpc) is 2.98. The Hall–Kier alpha value is -2.69. The summed E-state index contributed by atoms with van der Waals surface area (Å²) in [7, 11) is 0. The quantitative estimate of drug-likeness (QED) is 0.769. The highest BCUT2D eigenvalue weighted by molar-refractivity contribution is 5.62. The Kier molecular flexibility index (Phi) is 3.64. The third-order valence-electron chi connectivity index (χ3n) is 3.31. The number of nitrogens with one attached hydrogen (secondary N) is 2. The van der Waals surface area contributed by atoms with Crippen LogP contribution >= 0.6 is 0 Å². The van der Waals surface area contributed by atoms with Gasteiger partial charge in [0, 0.05) is 35.8 Å². The van der Waals surface area contributed by atoms with E-state index in [1.807, 2.05) is 12.1 Å². The van der Waals surface area contributed by atoms with Gasteiger partial charge in [-0.1, -0.05) is 0 Å². The summed E-state index contributed by atoms with van der Waals surface area (Å²) in [5.74, 6) is -0.195. The Morgan fingerprint density at radius 3 is 2.90 bits per heavy atom. The third-order valence-corrected chi connectivity index (χ3v) is 3.31. The number of hydrogen-bond acceptors (Lipinski definition) is 3. The molecule has 0 bridgehead atoms. The highest BCUT2D eigenvalue weighted by atomic mass is 19.1. The maximum absolute atomic E-state index is 13.2. The number of aromatic amines is 1. The van der Waals surface area contributed by atoms with E-state index in [1.165, 1.54) is 6.07 Å². The van der Waals surface area contributed by atoms with E-state index >= 15 is 0 Å². The Morgan fingerprint density at radius 2 is 2.14 bits per heavy atom. The lowest BCUT2D eigenvalue weighted by atomic mass is 10.1. The SMILES string of the molecule is Cc1cc(NCc2cn[nH]c2-c2cccnc2)ccc1F. The molecule has 0 aliphatic rings. The molecule has 3 rings (SSSR count). The Labute approximate surface area is 122 Å². The lowest BCUT2D eigenvalue weighted by Crippen LogP contribution is -2.00. The fourth-order valence-electron chi connectivity index (χ4n) is 2.16. The second-order valence-corrected chi connectivity index (χ2v) is 4.83. The molecular formula is C16H15FN4. The molecule has 0 spiro atoms. The highest BCUT2D eigenvalue weighted by Crippen LogP contribution is 2.21.